The van der Waals surface area contributed by atoms with E-state index in [9.17, 15) is 4.79 Å². The number of hydrogen-bond acceptors (Lipinski definition) is 4. The Hall–Kier alpha value is -2.88. The molecule has 0 saturated heterocycles. The van der Waals surface area contributed by atoms with E-state index in [4.69, 9.17) is 15.1 Å². The molecule has 2 aromatic carbocycles. The minimum atomic E-state index is -0.139. The zero-order chi connectivity index (χ0) is 22.3. The quantitative estimate of drug-likeness (QED) is 0.160. The first-order valence-electron chi connectivity index (χ1n) is 10.3. The topological polar surface area (TPSA) is 63.1 Å². The Kier molecular flexibility index (Phi) is 6.64. The number of carbonyl (C=O) groups excluding carboxylic acids is 1. The van der Waals surface area contributed by atoms with Crippen LogP contribution in [0.25, 0.3) is 32.9 Å². The van der Waals surface area contributed by atoms with Gasteiger partial charge in [-0.05, 0) is 59.8 Å². The Bertz CT molecular complexity index is 1370. The van der Waals surface area contributed by atoms with Crippen LogP contribution in [0.15, 0.2) is 60.6 Å². The number of rotatable bonds is 1. The summed E-state index contributed by atoms with van der Waals surface area (Å²) in [5.74, 6) is -0.0625. The van der Waals surface area contributed by atoms with Crippen LogP contribution in [-0.4, -0.2) is 20.9 Å². The molecular weight excluding hydrogens is 577 g/mol. The maximum atomic E-state index is 10.0. The SMILES string of the molecule is CC(=O)/C=C(/C)O.Cc1cc2c3c(nccc3c1)-c1[c-]cc3cccnc3c1C2(C)C.[Ir]. The van der Waals surface area contributed by atoms with Crippen molar-refractivity contribution in [3.05, 3.63) is 83.4 Å². The number of aliphatic hydroxyl groups excluding tert-OH is 1. The minimum absolute atomic E-state index is 0. The molecule has 32 heavy (non-hydrogen) atoms. The smallest absolute Gasteiger partial charge is 0.155 e. The van der Waals surface area contributed by atoms with Crippen molar-refractivity contribution < 1.29 is 30.0 Å². The fourth-order valence-corrected chi connectivity index (χ4v) is 4.46. The van der Waals surface area contributed by atoms with Gasteiger partial charge in [-0.3, -0.25) is 9.78 Å². The number of nitrogens with zero attached hydrogens (tertiary/aromatic N) is 2. The second-order valence-electron chi connectivity index (χ2n) is 8.57. The van der Waals surface area contributed by atoms with Gasteiger partial charge in [0.05, 0.1) is 5.76 Å². The van der Waals surface area contributed by atoms with E-state index in [1.54, 1.807) is 0 Å². The Labute approximate surface area is 201 Å². The third-order valence-electron chi connectivity index (χ3n) is 5.65. The molecule has 5 heteroatoms. The first kappa shape index (κ1) is 23.8. The van der Waals surface area contributed by atoms with E-state index in [0.29, 0.717) is 0 Å². The molecule has 0 unspecified atom stereocenters. The van der Waals surface area contributed by atoms with Crippen molar-refractivity contribution in [3.63, 3.8) is 0 Å². The van der Waals surface area contributed by atoms with Crippen molar-refractivity contribution in [2.45, 2.75) is 40.0 Å². The van der Waals surface area contributed by atoms with Gasteiger partial charge in [0.2, 0.25) is 0 Å². The largest absolute Gasteiger partial charge is 0.512 e. The number of carbonyl (C=O) groups is 1. The van der Waals surface area contributed by atoms with E-state index in [1.165, 1.54) is 47.4 Å². The van der Waals surface area contributed by atoms with E-state index < -0.39 is 0 Å². The van der Waals surface area contributed by atoms with Gasteiger partial charge in [0.15, 0.2) is 5.78 Å². The Morgan fingerprint density at radius 3 is 2.50 bits per heavy atom. The van der Waals surface area contributed by atoms with Gasteiger partial charge in [0.1, 0.15) is 0 Å². The number of pyridine rings is 2. The Morgan fingerprint density at radius 2 is 1.84 bits per heavy atom. The summed E-state index contributed by atoms with van der Waals surface area (Å²) in [6, 6.07) is 16.3. The summed E-state index contributed by atoms with van der Waals surface area (Å²) < 4.78 is 0. The molecule has 0 atom stereocenters. The Morgan fingerprint density at radius 1 is 1.09 bits per heavy atom. The fraction of sp³-hybridized carbons (Fsp3) is 0.222. The number of ketones is 1. The zero-order valence-corrected chi connectivity index (χ0v) is 21.2. The molecule has 0 saturated carbocycles. The molecule has 1 N–H and O–H groups in total. The van der Waals surface area contributed by atoms with Crippen LogP contribution >= 0.6 is 0 Å². The van der Waals surface area contributed by atoms with Crippen molar-refractivity contribution in [1.29, 1.82) is 0 Å². The van der Waals surface area contributed by atoms with Gasteiger partial charge >= 0.3 is 0 Å². The van der Waals surface area contributed by atoms with E-state index in [-0.39, 0.29) is 37.1 Å². The molecule has 1 aliphatic carbocycles. The summed E-state index contributed by atoms with van der Waals surface area (Å²) in [6.07, 6.45) is 4.94. The predicted molar refractivity (Wildman–Crippen MR) is 125 cm³/mol. The minimum Gasteiger partial charge on any atom is -0.512 e. The predicted octanol–water partition coefficient (Wildman–Crippen LogP) is 6.23. The van der Waals surface area contributed by atoms with Crippen LogP contribution in [0.1, 0.15) is 44.4 Å². The molecule has 2 heterocycles. The maximum Gasteiger partial charge on any atom is 0.155 e. The summed E-state index contributed by atoms with van der Waals surface area (Å²) in [5, 5.41) is 12.0. The third-order valence-corrected chi connectivity index (χ3v) is 5.65. The summed E-state index contributed by atoms with van der Waals surface area (Å²) in [6.45, 7) is 9.59. The number of fused-ring (bicyclic) bond motifs is 4. The molecule has 4 nitrogen and oxygen atoms in total. The van der Waals surface area contributed by atoms with Gasteiger partial charge in [-0.1, -0.05) is 54.6 Å². The van der Waals surface area contributed by atoms with Gasteiger partial charge in [-0.15, -0.1) is 17.7 Å². The summed E-state index contributed by atoms with van der Waals surface area (Å²) in [5.41, 5.74) is 6.89. The van der Waals surface area contributed by atoms with Gasteiger partial charge in [0.25, 0.3) is 0 Å². The molecule has 0 spiro atoms. The summed E-state index contributed by atoms with van der Waals surface area (Å²) in [7, 11) is 0. The van der Waals surface area contributed by atoms with Crippen LogP contribution in [0.4, 0.5) is 0 Å². The molecule has 0 amide bonds. The van der Waals surface area contributed by atoms with Gasteiger partial charge in [-0.2, -0.15) is 0 Å². The maximum absolute atomic E-state index is 10.0. The van der Waals surface area contributed by atoms with E-state index in [2.05, 4.69) is 51.1 Å². The number of aliphatic hydroxyl groups is 1. The molecule has 2 aromatic heterocycles. The van der Waals surface area contributed by atoms with E-state index in [1.807, 2.05) is 24.5 Å². The molecule has 0 fully saturated rings. The second-order valence-corrected chi connectivity index (χ2v) is 8.57. The van der Waals surface area contributed by atoms with Gasteiger partial charge < -0.3 is 10.1 Å². The van der Waals surface area contributed by atoms with Crippen LogP contribution in [0.5, 0.6) is 0 Å². The first-order valence-corrected chi connectivity index (χ1v) is 10.3. The van der Waals surface area contributed by atoms with Crippen LogP contribution in [0.3, 0.4) is 0 Å². The molecule has 1 radical (unpaired) electrons. The van der Waals surface area contributed by atoms with Gasteiger partial charge in [0, 0.05) is 38.6 Å². The van der Waals surface area contributed by atoms with Crippen LogP contribution in [0, 0.1) is 13.0 Å². The Balaban J connectivity index is 0.000000318. The first-order chi connectivity index (χ1) is 14.7. The average Bonchev–Trinajstić information content (AvgIpc) is 2.70. The standard InChI is InChI=1S/C22H17N2.C5H8O2.Ir/c1-13-11-15-8-10-24-21-16-7-6-14-5-4-9-23-20(14)19(16)22(2,3)17(12-13)18(15)21;1-4(6)3-5(2)7;/h4-6,8-12H,1-3H3;3,6H,1-2H3;/q-1;;/b;4-3-;. The van der Waals surface area contributed by atoms with Crippen LogP contribution in [-0.2, 0) is 30.3 Å². The fourth-order valence-electron chi connectivity index (χ4n) is 4.46. The molecule has 5 rings (SSSR count). The summed E-state index contributed by atoms with van der Waals surface area (Å²) >= 11 is 0. The normalized spacial score (nSPS) is 13.6. The monoisotopic (exact) mass is 602 g/mol. The van der Waals surface area contributed by atoms with Gasteiger partial charge in [-0.25, -0.2) is 0 Å². The van der Waals surface area contributed by atoms with Crippen molar-refractivity contribution in [3.8, 4) is 11.3 Å². The van der Waals surface area contributed by atoms with Crippen LogP contribution in [0.2, 0.25) is 0 Å². The van der Waals surface area contributed by atoms with E-state index >= 15 is 0 Å². The zero-order valence-electron chi connectivity index (χ0n) is 18.8. The number of allylic oxidation sites excluding steroid dienone is 2. The average molecular weight is 602 g/mol. The number of aromatic nitrogens is 2. The van der Waals surface area contributed by atoms with Crippen molar-refractivity contribution in [2.24, 2.45) is 0 Å². The van der Waals surface area contributed by atoms with Crippen molar-refractivity contribution in [2.75, 3.05) is 0 Å². The molecule has 4 aromatic rings. The van der Waals surface area contributed by atoms with Crippen LogP contribution < -0.4 is 0 Å². The van der Waals surface area contributed by atoms with E-state index in [0.717, 1.165) is 22.2 Å². The third kappa shape index (κ3) is 4.11. The summed E-state index contributed by atoms with van der Waals surface area (Å²) in [4.78, 5) is 19.4. The number of benzene rings is 2. The molecule has 165 valence electrons. The molecule has 1 aliphatic rings. The van der Waals surface area contributed by atoms with Crippen molar-refractivity contribution >= 4 is 27.5 Å². The number of aryl methyl sites for hydroxylation is 1. The molecular formula is C27H25IrN2O2-. The second kappa shape index (κ2) is 8.93. The van der Waals surface area contributed by atoms with Crippen molar-refractivity contribution in [1.82, 2.24) is 9.97 Å². The number of hydrogen-bond donors (Lipinski definition) is 1. The molecule has 0 aliphatic heterocycles. The molecule has 0 bridgehead atoms.